The molecular formula is C26H24ClN5O3S. The number of thioether (sulfide) groups is 1. The maximum Gasteiger partial charge on any atom is 0.234 e. The summed E-state index contributed by atoms with van der Waals surface area (Å²) in [7, 11) is 0. The van der Waals surface area contributed by atoms with E-state index in [4.69, 9.17) is 16.3 Å². The molecule has 0 aliphatic carbocycles. The number of carbonyl (C=O) groups excluding carboxylic acids is 2. The highest BCUT2D eigenvalue weighted by Gasteiger charge is 2.16. The summed E-state index contributed by atoms with van der Waals surface area (Å²) in [4.78, 5) is 23.7. The third kappa shape index (κ3) is 7.34. The number of hydrogen-bond acceptors (Lipinski definition) is 6. The van der Waals surface area contributed by atoms with Crippen molar-refractivity contribution in [2.75, 3.05) is 16.4 Å². The van der Waals surface area contributed by atoms with Crippen LogP contribution < -0.4 is 15.4 Å². The number of carbonyl (C=O) groups is 2. The lowest BCUT2D eigenvalue weighted by molar-refractivity contribution is -0.114. The SMILES string of the molecule is CC(=O)Nc1ccc(NC(=O)CSc2nnc(COc3ccc(Cl)cc3)n2Cc2ccccc2)cc1. The second-order valence-electron chi connectivity index (χ2n) is 7.81. The molecule has 0 saturated heterocycles. The number of halogens is 1. The van der Waals surface area contributed by atoms with E-state index in [9.17, 15) is 9.59 Å². The van der Waals surface area contributed by atoms with E-state index in [0.717, 1.165) is 5.56 Å². The molecule has 0 radical (unpaired) electrons. The normalized spacial score (nSPS) is 10.6. The van der Waals surface area contributed by atoms with E-state index in [1.54, 1.807) is 48.5 Å². The molecule has 1 aromatic heterocycles. The fraction of sp³-hybridized carbons (Fsp3) is 0.154. The van der Waals surface area contributed by atoms with Gasteiger partial charge in [-0.2, -0.15) is 0 Å². The van der Waals surface area contributed by atoms with Crippen LogP contribution in [-0.2, 0) is 22.7 Å². The van der Waals surface area contributed by atoms with Gasteiger partial charge in [-0.1, -0.05) is 53.7 Å². The third-order valence-corrected chi connectivity index (χ3v) is 6.20. The van der Waals surface area contributed by atoms with Crippen molar-refractivity contribution >= 4 is 46.6 Å². The summed E-state index contributed by atoms with van der Waals surface area (Å²) in [6.45, 7) is 2.20. The Morgan fingerprint density at radius 1 is 0.917 bits per heavy atom. The zero-order chi connectivity index (χ0) is 25.3. The zero-order valence-corrected chi connectivity index (χ0v) is 21.1. The van der Waals surface area contributed by atoms with Gasteiger partial charge < -0.3 is 15.4 Å². The Kier molecular flexibility index (Phi) is 8.59. The molecule has 0 unspecified atom stereocenters. The second kappa shape index (κ2) is 12.2. The molecule has 1 heterocycles. The van der Waals surface area contributed by atoms with Gasteiger partial charge in [-0.3, -0.25) is 14.2 Å². The number of rotatable bonds is 10. The lowest BCUT2D eigenvalue weighted by atomic mass is 10.2. The number of aromatic nitrogens is 3. The monoisotopic (exact) mass is 521 g/mol. The molecule has 0 bridgehead atoms. The van der Waals surface area contributed by atoms with Crippen molar-refractivity contribution in [1.29, 1.82) is 0 Å². The Morgan fingerprint density at radius 2 is 1.58 bits per heavy atom. The Labute approximate surface area is 218 Å². The summed E-state index contributed by atoms with van der Waals surface area (Å²) < 4.78 is 7.83. The van der Waals surface area contributed by atoms with Crippen LogP contribution in [0.3, 0.4) is 0 Å². The van der Waals surface area contributed by atoms with E-state index in [-0.39, 0.29) is 24.2 Å². The number of benzene rings is 3. The van der Waals surface area contributed by atoms with Crippen molar-refractivity contribution in [1.82, 2.24) is 14.8 Å². The summed E-state index contributed by atoms with van der Waals surface area (Å²) >= 11 is 7.25. The molecule has 4 rings (SSSR count). The van der Waals surface area contributed by atoms with Crippen LogP contribution in [-0.4, -0.2) is 32.3 Å². The molecule has 184 valence electrons. The lowest BCUT2D eigenvalue weighted by Gasteiger charge is -2.12. The second-order valence-corrected chi connectivity index (χ2v) is 9.19. The molecule has 0 aliphatic rings. The molecule has 2 N–H and O–H groups in total. The molecule has 2 amide bonds. The predicted molar refractivity (Wildman–Crippen MR) is 141 cm³/mol. The molecule has 36 heavy (non-hydrogen) atoms. The smallest absolute Gasteiger partial charge is 0.234 e. The highest BCUT2D eigenvalue weighted by Crippen LogP contribution is 2.22. The molecule has 0 aliphatic heterocycles. The van der Waals surface area contributed by atoms with Crippen molar-refractivity contribution in [2.45, 2.75) is 25.2 Å². The molecule has 8 nitrogen and oxygen atoms in total. The third-order valence-electron chi connectivity index (χ3n) is 4.98. The molecule has 0 spiro atoms. The maximum absolute atomic E-state index is 12.6. The van der Waals surface area contributed by atoms with E-state index in [2.05, 4.69) is 20.8 Å². The molecule has 0 fully saturated rings. The molecule has 3 aromatic carbocycles. The Bertz CT molecular complexity index is 1310. The van der Waals surface area contributed by atoms with E-state index >= 15 is 0 Å². The van der Waals surface area contributed by atoms with E-state index in [0.29, 0.717) is 39.7 Å². The topological polar surface area (TPSA) is 98.1 Å². The van der Waals surface area contributed by atoms with Gasteiger partial charge in [0.15, 0.2) is 11.0 Å². The van der Waals surface area contributed by atoms with Crippen LogP contribution in [0, 0.1) is 0 Å². The first kappa shape index (κ1) is 25.3. The van der Waals surface area contributed by atoms with Crippen LogP contribution in [0.25, 0.3) is 0 Å². The van der Waals surface area contributed by atoms with Crippen molar-refractivity contribution in [3.8, 4) is 5.75 Å². The molecular weight excluding hydrogens is 498 g/mol. The Hall–Kier alpha value is -3.82. The van der Waals surface area contributed by atoms with Crippen molar-refractivity contribution in [2.24, 2.45) is 0 Å². The van der Waals surface area contributed by atoms with Gasteiger partial charge in [-0.15, -0.1) is 10.2 Å². The van der Waals surface area contributed by atoms with Crippen molar-refractivity contribution in [3.05, 3.63) is 95.3 Å². The number of amides is 2. The lowest BCUT2D eigenvalue weighted by Crippen LogP contribution is -2.15. The standard InChI is InChI=1S/C26H24ClN5O3S/c1-18(33)28-21-9-11-22(12-10-21)29-25(34)17-36-26-31-30-24(16-35-23-13-7-20(27)8-14-23)32(26)15-19-5-3-2-4-6-19/h2-14H,15-17H2,1H3,(H,28,33)(H,29,34). The van der Waals surface area contributed by atoms with Gasteiger partial charge in [0.05, 0.1) is 12.3 Å². The first-order chi connectivity index (χ1) is 17.5. The Balaban J connectivity index is 1.42. The largest absolute Gasteiger partial charge is 0.486 e. The summed E-state index contributed by atoms with van der Waals surface area (Å²) in [5.41, 5.74) is 2.38. The minimum atomic E-state index is -0.180. The quantitative estimate of drug-likeness (QED) is 0.277. The first-order valence-corrected chi connectivity index (χ1v) is 12.5. The minimum Gasteiger partial charge on any atom is -0.486 e. The first-order valence-electron chi connectivity index (χ1n) is 11.1. The number of anilines is 2. The predicted octanol–water partition coefficient (Wildman–Crippen LogP) is 5.25. The van der Waals surface area contributed by atoms with Gasteiger partial charge in [-0.05, 0) is 54.1 Å². The van der Waals surface area contributed by atoms with Gasteiger partial charge >= 0.3 is 0 Å². The van der Waals surface area contributed by atoms with E-state index in [1.165, 1.54) is 18.7 Å². The van der Waals surface area contributed by atoms with Crippen LogP contribution in [0.1, 0.15) is 18.3 Å². The van der Waals surface area contributed by atoms with E-state index < -0.39 is 0 Å². The number of ether oxygens (including phenoxy) is 1. The zero-order valence-electron chi connectivity index (χ0n) is 19.5. The van der Waals surface area contributed by atoms with Crippen molar-refractivity contribution in [3.63, 3.8) is 0 Å². The highest BCUT2D eigenvalue weighted by atomic mass is 35.5. The molecule has 0 saturated carbocycles. The van der Waals surface area contributed by atoms with Gasteiger partial charge in [-0.25, -0.2) is 0 Å². The van der Waals surface area contributed by atoms with Crippen LogP contribution in [0.2, 0.25) is 5.02 Å². The average molecular weight is 522 g/mol. The van der Waals surface area contributed by atoms with Gasteiger partial charge in [0.2, 0.25) is 11.8 Å². The van der Waals surface area contributed by atoms with Crippen LogP contribution in [0.4, 0.5) is 11.4 Å². The average Bonchev–Trinajstić information content (AvgIpc) is 3.25. The summed E-state index contributed by atoms with van der Waals surface area (Å²) in [6.07, 6.45) is 0. The van der Waals surface area contributed by atoms with Crippen LogP contribution in [0.15, 0.2) is 84.0 Å². The summed E-state index contributed by atoms with van der Waals surface area (Å²) in [5, 5.41) is 15.4. The van der Waals surface area contributed by atoms with Crippen LogP contribution in [0.5, 0.6) is 5.75 Å². The maximum atomic E-state index is 12.6. The number of nitrogens with zero attached hydrogens (tertiary/aromatic N) is 3. The molecule has 10 heteroatoms. The van der Waals surface area contributed by atoms with E-state index in [1.807, 2.05) is 34.9 Å². The summed E-state index contributed by atoms with van der Waals surface area (Å²) in [6, 6.07) is 24.0. The number of hydrogen-bond donors (Lipinski definition) is 2. The fourth-order valence-corrected chi connectivity index (χ4v) is 4.19. The molecule has 0 atom stereocenters. The highest BCUT2D eigenvalue weighted by molar-refractivity contribution is 7.99. The van der Waals surface area contributed by atoms with Crippen molar-refractivity contribution < 1.29 is 14.3 Å². The van der Waals surface area contributed by atoms with Gasteiger partial charge in [0.1, 0.15) is 12.4 Å². The Morgan fingerprint density at radius 3 is 2.25 bits per heavy atom. The fourth-order valence-electron chi connectivity index (χ4n) is 3.30. The molecule has 4 aromatic rings. The van der Waals surface area contributed by atoms with Crippen LogP contribution >= 0.6 is 23.4 Å². The minimum absolute atomic E-state index is 0.151. The van der Waals surface area contributed by atoms with Gasteiger partial charge in [0.25, 0.3) is 0 Å². The number of nitrogens with one attached hydrogen (secondary N) is 2. The summed E-state index contributed by atoms with van der Waals surface area (Å²) in [5.74, 6) is 1.14. The van der Waals surface area contributed by atoms with Gasteiger partial charge in [0, 0.05) is 23.3 Å².